The molecule has 5 heteroatoms. The van der Waals surface area contributed by atoms with Gasteiger partial charge in [-0.3, -0.25) is 0 Å². The van der Waals surface area contributed by atoms with Crippen molar-refractivity contribution in [1.82, 2.24) is 4.98 Å². The summed E-state index contributed by atoms with van der Waals surface area (Å²) in [6, 6.07) is 0. The average Bonchev–Trinajstić information content (AvgIpc) is 2.61. The van der Waals surface area contributed by atoms with Crippen molar-refractivity contribution < 1.29 is 14.3 Å². The highest BCUT2D eigenvalue weighted by molar-refractivity contribution is 6.31. The summed E-state index contributed by atoms with van der Waals surface area (Å²) in [6.45, 7) is 7.69. The van der Waals surface area contributed by atoms with Gasteiger partial charge in [0.15, 0.2) is 0 Å². The first kappa shape index (κ1) is 14.3. The molecule has 0 N–H and O–H groups in total. The van der Waals surface area contributed by atoms with Gasteiger partial charge in [0.1, 0.15) is 5.15 Å². The Bertz CT molecular complexity index is 514. The van der Waals surface area contributed by atoms with Crippen LogP contribution in [0.3, 0.4) is 0 Å². The van der Waals surface area contributed by atoms with Crippen LogP contribution in [0.5, 0.6) is 0 Å². The standard InChI is InChI=1S/C14H18ClNO3/c1-5-6-9-8(4)16-12(15)11-10(9)13(17)19-14(11)18-7(2)3/h7,14H,5-6H2,1-4H3. The van der Waals surface area contributed by atoms with Gasteiger partial charge in [-0.2, -0.15) is 0 Å². The number of cyclic esters (lactones) is 1. The third-order valence-corrected chi connectivity index (χ3v) is 3.33. The second-order valence-corrected chi connectivity index (χ2v) is 5.29. The second-order valence-electron chi connectivity index (χ2n) is 4.93. The van der Waals surface area contributed by atoms with Gasteiger partial charge >= 0.3 is 5.97 Å². The third kappa shape index (κ3) is 2.60. The Morgan fingerprint density at radius 2 is 2.16 bits per heavy atom. The van der Waals surface area contributed by atoms with Crippen molar-refractivity contribution in [2.45, 2.75) is 52.9 Å². The predicted molar refractivity (Wildman–Crippen MR) is 72.4 cm³/mol. The molecule has 2 heterocycles. The van der Waals surface area contributed by atoms with E-state index >= 15 is 0 Å². The zero-order valence-electron chi connectivity index (χ0n) is 11.6. The second kappa shape index (κ2) is 5.47. The zero-order chi connectivity index (χ0) is 14.2. The summed E-state index contributed by atoms with van der Waals surface area (Å²) in [4.78, 5) is 16.4. The molecule has 0 saturated carbocycles. The van der Waals surface area contributed by atoms with Crippen molar-refractivity contribution in [3.63, 3.8) is 0 Å². The molecule has 1 aliphatic rings. The van der Waals surface area contributed by atoms with Crippen molar-refractivity contribution in [2.75, 3.05) is 0 Å². The van der Waals surface area contributed by atoms with Gasteiger partial charge in [-0.15, -0.1) is 0 Å². The van der Waals surface area contributed by atoms with Gasteiger partial charge in [0.2, 0.25) is 6.29 Å². The van der Waals surface area contributed by atoms with Crippen LogP contribution in [0.1, 0.15) is 60.7 Å². The average molecular weight is 284 g/mol. The van der Waals surface area contributed by atoms with E-state index < -0.39 is 6.29 Å². The lowest BCUT2D eigenvalue weighted by atomic mass is 9.99. The molecule has 0 saturated heterocycles. The van der Waals surface area contributed by atoms with Crippen LogP contribution < -0.4 is 0 Å². The first-order valence-corrected chi connectivity index (χ1v) is 6.88. The summed E-state index contributed by atoms with van der Waals surface area (Å²) < 4.78 is 10.9. The molecule has 0 fully saturated rings. The van der Waals surface area contributed by atoms with E-state index in [0.29, 0.717) is 16.3 Å². The van der Waals surface area contributed by atoms with Crippen LogP contribution in [0.25, 0.3) is 0 Å². The molecule has 0 spiro atoms. The van der Waals surface area contributed by atoms with E-state index in [9.17, 15) is 4.79 Å². The number of fused-ring (bicyclic) bond motifs is 1. The van der Waals surface area contributed by atoms with Crippen LogP contribution in [0.2, 0.25) is 5.15 Å². The van der Waals surface area contributed by atoms with Crippen LogP contribution >= 0.6 is 11.6 Å². The lowest BCUT2D eigenvalue weighted by Crippen LogP contribution is -2.11. The molecule has 1 aromatic heterocycles. The van der Waals surface area contributed by atoms with Crippen LogP contribution in [-0.2, 0) is 15.9 Å². The number of hydrogen-bond donors (Lipinski definition) is 0. The van der Waals surface area contributed by atoms with Gasteiger partial charge in [0, 0.05) is 5.69 Å². The maximum atomic E-state index is 12.1. The van der Waals surface area contributed by atoms with Crippen molar-refractivity contribution in [3.8, 4) is 0 Å². The Hall–Kier alpha value is -1.13. The number of halogens is 1. The van der Waals surface area contributed by atoms with Crippen molar-refractivity contribution >= 4 is 17.6 Å². The summed E-state index contributed by atoms with van der Waals surface area (Å²) in [5.74, 6) is -0.364. The molecule has 0 bridgehead atoms. The topological polar surface area (TPSA) is 48.4 Å². The normalized spacial score (nSPS) is 17.8. The Labute approximate surface area is 118 Å². The molecule has 0 amide bonds. The number of carbonyl (C=O) groups excluding carboxylic acids is 1. The first-order valence-electron chi connectivity index (χ1n) is 6.51. The van der Waals surface area contributed by atoms with E-state index in [2.05, 4.69) is 11.9 Å². The van der Waals surface area contributed by atoms with Crippen LogP contribution in [-0.4, -0.2) is 17.1 Å². The summed E-state index contributed by atoms with van der Waals surface area (Å²) in [5, 5.41) is 0.295. The fourth-order valence-corrected chi connectivity index (χ4v) is 2.59. The lowest BCUT2D eigenvalue weighted by molar-refractivity contribution is -0.127. The van der Waals surface area contributed by atoms with Crippen molar-refractivity contribution in [1.29, 1.82) is 0 Å². The number of aromatic nitrogens is 1. The number of pyridine rings is 1. The molecule has 0 aromatic carbocycles. The number of nitrogens with zero attached hydrogens (tertiary/aromatic N) is 1. The van der Waals surface area contributed by atoms with Gasteiger partial charge in [-0.25, -0.2) is 9.78 Å². The molecular formula is C14H18ClNO3. The van der Waals surface area contributed by atoms with Crippen LogP contribution in [0, 0.1) is 6.92 Å². The van der Waals surface area contributed by atoms with Crippen LogP contribution in [0.15, 0.2) is 0 Å². The molecule has 4 nitrogen and oxygen atoms in total. The summed E-state index contributed by atoms with van der Waals surface area (Å²) >= 11 is 6.17. The van der Waals surface area contributed by atoms with Gasteiger partial charge in [-0.05, 0) is 32.8 Å². The SMILES string of the molecule is CCCc1c(C)nc(Cl)c2c1C(=O)OC2OC(C)C. The monoisotopic (exact) mass is 283 g/mol. The summed E-state index contributed by atoms with van der Waals surface area (Å²) in [6.07, 6.45) is 0.913. The number of rotatable bonds is 4. The fraction of sp³-hybridized carbons (Fsp3) is 0.571. The minimum absolute atomic E-state index is 0.0595. The number of aryl methyl sites for hydroxylation is 1. The highest BCUT2D eigenvalue weighted by Gasteiger charge is 2.38. The van der Waals surface area contributed by atoms with E-state index in [4.69, 9.17) is 21.1 Å². The lowest BCUT2D eigenvalue weighted by Gasteiger charge is -2.16. The van der Waals surface area contributed by atoms with Crippen molar-refractivity contribution in [3.05, 3.63) is 27.5 Å². The van der Waals surface area contributed by atoms with Crippen LogP contribution in [0.4, 0.5) is 0 Å². The largest absolute Gasteiger partial charge is 0.427 e. The number of hydrogen-bond acceptors (Lipinski definition) is 4. The van der Waals surface area contributed by atoms with E-state index in [-0.39, 0.29) is 12.1 Å². The number of esters is 1. The number of ether oxygens (including phenoxy) is 2. The maximum Gasteiger partial charge on any atom is 0.341 e. The Morgan fingerprint density at radius 3 is 2.74 bits per heavy atom. The Morgan fingerprint density at radius 1 is 1.47 bits per heavy atom. The molecule has 2 rings (SSSR count). The van der Waals surface area contributed by atoms with Crippen molar-refractivity contribution in [2.24, 2.45) is 0 Å². The summed E-state index contributed by atoms with van der Waals surface area (Å²) in [7, 11) is 0. The van der Waals surface area contributed by atoms with E-state index in [1.807, 2.05) is 20.8 Å². The zero-order valence-corrected chi connectivity index (χ0v) is 12.4. The van der Waals surface area contributed by atoms with E-state index in [1.54, 1.807) is 0 Å². The quantitative estimate of drug-likeness (QED) is 0.626. The molecular weight excluding hydrogens is 266 g/mol. The minimum atomic E-state index is -0.737. The van der Waals surface area contributed by atoms with Gasteiger partial charge in [0.25, 0.3) is 0 Å². The Balaban J connectivity index is 2.54. The van der Waals surface area contributed by atoms with Gasteiger partial charge in [0.05, 0.1) is 17.2 Å². The molecule has 0 radical (unpaired) electrons. The summed E-state index contributed by atoms with van der Waals surface area (Å²) in [5.41, 5.74) is 2.83. The fourth-order valence-electron chi connectivity index (χ4n) is 2.28. The maximum absolute atomic E-state index is 12.1. The molecule has 1 aliphatic heterocycles. The molecule has 104 valence electrons. The third-order valence-electron chi connectivity index (χ3n) is 3.05. The highest BCUT2D eigenvalue weighted by atomic mass is 35.5. The van der Waals surface area contributed by atoms with Gasteiger partial charge < -0.3 is 9.47 Å². The number of carbonyl (C=O) groups is 1. The predicted octanol–water partition coefficient (Wildman–Crippen LogP) is 3.59. The molecule has 19 heavy (non-hydrogen) atoms. The minimum Gasteiger partial charge on any atom is -0.427 e. The molecule has 1 atom stereocenters. The Kier molecular flexibility index (Phi) is 4.11. The highest BCUT2D eigenvalue weighted by Crippen LogP contribution is 2.39. The first-order chi connectivity index (χ1) is 8.95. The molecule has 1 unspecified atom stereocenters. The smallest absolute Gasteiger partial charge is 0.341 e. The molecule has 1 aromatic rings. The molecule has 0 aliphatic carbocycles. The van der Waals surface area contributed by atoms with E-state index in [0.717, 1.165) is 24.1 Å². The van der Waals surface area contributed by atoms with Gasteiger partial charge in [-0.1, -0.05) is 24.9 Å². The van der Waals surface area contributed by atoms with E-state index in [1.165, 1.54) is 0 Å².